The van der Waals surface area contributed by atoms with Gasteiger partial charge < -0.3 is 33.8 Å². The fourth-order valence-corrected chi connectivity index (χ4v) is 15.3. The van der Waals surface area contributed by atoms with E-state index in [2.05, 4.69) is 27.7 Å². The summed E-state index contributed by atoms with van der Waals surface area (Å²) in [6.07, 6.45) is 76.6. The Morgan fingerprint density at radius 1 is 0.226 bits per heavy atom. The zero-order chi connectivity index (χ0) is 77.4. The fraction of sp³-hybridized carbons (Fsp3) is 0.954. The first kappa shape index (κ1) is 104. The van der Waals surface area contributed by atoms with Crippen LogP contribution in [0.1, 0.15) is 477 Å². The molecular weight excluding hydrogens is 1380 g/mol. The van der Waals surface area contributed by atoms with Crippen molar-refractivity contribution in [2.75, 3.05) is 39.6 Å². The average molecular weight is 1550 g/mol. The number of hydrogen-bond donors (Lipinski definition) is 3. The third-order valence-electron chi connectivity index (χ3n) is 20.6. The number of rotatable bonds is 88. The molecule has 0 heterocycles. The minimum absolute atomic E-state index is 0.109. The van der Waals surface area contributed by atoms with Gasteiger partial charge in [-0.1, -0.05) is 426 Å². The van der Waals surface area contributed by atoms with Crippen molar-refractivity contribution in [3.8, 4) is 0 Å². The van der Waals surface area contributed by atoms with E-state index >= 15 is 0 Å². The SMILES string of the molecule is CCCCCCCCCCCCCCCCCCCCCCC(=O)O[C@H](COC(=O)CCCCCCCCCCCCCCCCCCCCC)COP(=O)(O)OC[C@@H](O)COP(=O)(O)OC[C@@H](COC(=O)CCCCCCCCCC)OC(=O)CCCCCCCCCCCCCCCCCCCCC. The maximum Gasteiger partial charge on any atom is 0.472 e. The third-order valence-corrected chi connectivity index (χ3v) is 22.5. The number of phosphoric ester groups is 2. The molecule has 0 aliphatic heterocycles. The number of carbonyl (C=O) groups excluding carboxylic acids is 4. The first-order valence-corrected chi connectivity index (χ1v) is 48.3. The Bertz CT molecular complexity index is 2000. The molecule has 2 unspecified atom stereocenters. The maximum absolute atomic E-state index is 13.1. The molecule has 0 aliphatic carbocycles. The maximum atomic E-state index is 13.1. The Balaban J connectivity index is 5.17. The van der Waals surface area contributed by atoms with Crippen molar-refractivity contribution in [1.82, 2.24) is 0 Å². The summed E-state index contributed by atoms with van der Waals surface area (Å²) >= 11 is 0. The van der Waals surface area contributed by atoms with Gasteiger partial charge in [0, 0.05) is 25.7 Å². The largest absolute Gasteiger partial charge is 0.472 e. The number of aliphatic hydroxyl groups excluding tert-OH is 1. The predicted molar refractivity (Wildman–Crippen MR) is 437 cm³/mol. The van der Waals surface area contributed by atoms with E-state index in [1.54, 1.807) is 0 Å². The first-order chi connectivity index (χ1) is 51.7. The molecule has 5 atom stereocenters. The lowest BCUT2D eigenvalue weighted by atomic mass is 10.0. The predicted octanol–water partition coefficient (Wildman–Crippen LogP) is 26.9. The molecule has 19 heteroatoms. The zero-order valence-corrected chi connectivity index (χ0v) is 71.2. The van der Waals surface area contributed by atoms with Crippen LogP contribution in [0, 0.1) is 0 Å². The van der Waals surface area contributed by atoms with Gasteiger partial charge in [0.15, 0.2) is 12.2 Å². The lowest BCUT2D eigenvalue weighted by Crippen LogP contribution is -2.30. The Hall–Kier alpha value is -1.94. The fourth-order valence-electron chi connectivity index (χ4n) is 13.7. The molecule has 0 aromatic carbocycles. The van der Waals surface area contributed by atoms with Crippen molar-refractivity contribution in [2.24, 2.45) is 0 Å². The minimum atomic E-state index is -4.96. The molecule has 0 radical (unpaired) electrons. The van der Waals surface area contributed by atoms with Crippen molar-refractivity contribution in [1.29, 1.82) is 0 Å². The highest BCUT2D eigenvalue weighted by molar-refractivity contribution is 7.47. The van der Waals surface area contributed by atoms with Crippen LogP contribution in [0.5, 0.6) is 0 Å². The highest BCUT2D eigenvalue weighted by atomic mass is 31.2. The number of ether oxygens (including phenoxy) is 4. The van der Waals surface area contributed by atoms with Crippen LogP contribution >= 0.6 is 15.6 Å². The minimum Gasteiger partial charge on any atom is -0.462 e. The number of hydrogen-bond acceptors (Lipinski definition) is 15. The van der Waals surface area contributed by atoms with E-state index in [9.17, 15) is 43.2 Å². The summed E-state index contributed by atoms with van der Waals surface area (Å²) in [4.78, 5) is 73.2. The van der Waals surface area contributed by atoms with Crippen LogP contribution in [0.4, 0.5) is 0 Å². The Labute approximate surface area is 651 Å². The Kier molecular flexibility index (Phi) is 79.6. The van der Waals surface area contributed by atoms with E-state index in [0.717, 1.165) is 89.9 Å². The number of aliphatic hydroxyl groups is 1. The highest BCUT2D eigenvalue weighted by Gasteiger charge is 2.30. The second-order valence-corrected chi connectivity index (χ2v) is 34.2. The van der Waals surface area contributed by atoms with E-state index in [-0.39, 0.29) is 25.7 Å². The van der Waals surface area contributed by atoms with Gasteiger partial charge in [-0.2, -0.15) is 0 Å². The molecule has 0 bridgehead atoms. The van der Waals surface area contributed by atoms with Crippen LogP contribution in [0.2, 0.25) is 0 Å². The molecule has 0 aromatic rings. The number of unbranched alkanes of at least 4 members (excludes halogenated alkanes) is 62. The lowest BCUT2D eigenvalue weighted by molar-refractivity contribution is -0.161. The van der Waals surface area contributed by atoms with Gasteiger partial charge in [-0.05, 0) is 25.7 Å². The first-order valence-electron chi connectivity index (χ1n) is 45.3. The van der Waals surface area contributed by atoms with Crippen LogP contribution in [-0.2, 0) is 65.4 Å². The van der Waals surface area contributed by atoms with Crippen molar-refractivity contribution < 1.29 is 80.2 Å². The van der Waals surface area contributed by atoms with Crippen molar-refractivity contribution in [3.63, 3.8) is 0 Å². The number of phosphoric acid groups is 2. The van der Waals surface area contributed by atoms with Gasteiger partial charge in [-0.25, -0.2) is 9.13 Å². The van der Waals surface area contributed by atoms with E-state index in [1.807, 2.05) is 0 Å². The van der Waals surface area contributed by atoms with Gasteiger partial charge in [0.05, 0.1) is 26.4 Å². The summed E-state index contributed by atoms with van der Waals surface area (Å²) in [5, 5.41) is 10.7. The van der Waals surface area contributed by atoms with E-state index in [1.165, 1.54) is 308 Å². The van der Waals surface area contributed by atoms with Crippen LogP contribution in [0.25, 0.3) is 0 Å². The number of carbonyl (C=O) groups is 4. The monoisotopic (exact) mass is 1550 g/mol. The Morgan fingerprint density at radius 2 is 0.377 bits per heavy atom. The topological polar surface area (TPSA) is 237 Å². The second kappa shape index (κ2) is 81.1. The summed E-state index contributed by atoms with van der Waals surface area (Å²) in [6.45, 7) is 5.04. The molecule has 0 fully saturated rings. The van der Waals surface area contributed by atoms with Crippen LogP contribution in [0.15, 0.2) is 0 Å². The van der Waals surface area contributed by atoms with Gasteiger partial charge in [-0.15, -0.1) is 0 Å². The van der Waals surface area contributed by atoms with Crippen molar-refractivity contribution >= 4 is 39.5 Å². The molecule has 630 valence electrons. The van der Waals surface area contributed by atoms with Crippen molar-refractivity contribution in [2.45, 2.75) is 495 Å². The number of esters is 4. The third kappa shape index (κ3) is 80.1. The standard InChI is InChI=1S/C87H170O17P2/c1-5-9-13-17-21-25-28-31-34-37-40-43-46-49-52-55-58-62-66-70-74-87(92)104-83(78-98-85(90)72-68-64-60-56-53-50-47-44-41-38-35-32-29-26-22-18-14-10-6-2)80-102-106(95,96)100-76-81(88)75-99-105(93,94)101-79-82(77-97-84(89)71-67-63-59-24-20-16-12-8-4)103-86(91)73-69-65-61-57-54-51-48-45-42-39-36-33-30-27-23-19-15-11-7-3/h81-83,88H,5-80H2,1-4H3,(H,93,94)(H,95,96)/t81-,82+,83+/m0/s1. The quantitative estimate of drug-likeness (QED) is 0.0222. The Morgan fingerprint density at radius 3 is 0.557 bits per heavy atom. The molecule has 0 saturated carbocycles. The molecule has 0 aromatic heterocycles. The van der Waals surface area contributed by atoms with Crippen LogP contribution in [-0.4, -0.2) is 96.7 Å². The lowest BCUT2D eigenvalue weighted by Gasteiger charge is -2.21. The van der Waals surface area contributed by atoms with Gasteiger partial charge in [0.2, 0.25) is 0 Å². The van der Waals surface area contributed by atoms with Gasteiger partial charge in [0.25, 0.3) is 0 Å². The van der Waals surface area contributed by atoms with Crippen LogP contribution < -0.4 is 0 Å². The van der Waals surface area contributed by atoms with E-state index < -0.39 is 97.5 Å². The summed E-state index contributed by atoms with van der Waals surface area (Å²) in [5.41, 5.74) is 0. The molecule has 0 spiro atoms. The zero-order valence-electron chi connectivity index (χ0n) is 69.4. The van der Waals surface area contributed by atoms with Gasteiger partial charge >= 0.3 is 39.5 Å². The summed E-state index contributed by atoms with van der Waals surface area (Å²) in [5.74, 6) is -2.10. The molecule has 0 saturated heterocycles. The van der Waals surface area contributed by atoms with Gasteiger partial charge in [-0.3, -0.25) is 37.3 Å². The molecule has 17 nitrogen and oxygen atoms in total. The van der Waals surface area contributed by atoms with E-state index in [4.69, 9.17) is 37.0 Å². The molecule has 0 aliphatic rings. The molecule has 0 amide bonds. The second-order valence-electron chi connectivity index (χ2n) is 31.3. The van der Waals surface area contributed by atoms with E-state index in [0.29, 0.717) is 25.7 Å². The summed E-state index contributed by atoms with van der Waals surface area (Å²) < 4.78 is 68.9. The van der Waals surface area contributed by atoms with Crippen molar-refractivity contribution in [3.05, 3.63) is 0 Å². The molecule has 106 heavy (non-hydrogen) atoms. The van der Waals surface area contributed by atoms with Crippen LogP contribution in [0.3, 0.4) is 0 Å². The summed E-state index contributed by atoms with van der Waals surface area (Å²) in [7, 11) is -9.92. The highest BCUT2D eigenvalue weighted by Crippen LogP contribution is 2.45. The molecule has 0 rings (SSSR count). The molecule has 3 N–H and O–H groups in total. The smallest absolute Gasteiger partial charge is 0.462 e. The normalized spacial score (nSPS) is 13.7. The molecular formula is C87H170O17P2. The average Bonchev–Trinajstić information content (AvgIpc) is 0.901. The van der Waals surface area contributed by atoms with Gasteiger partial charge in [0.1, 0.15) is 19.3 Å². The summed E-state index contributed by atoms with van der Waals surface area (Å²) in [6, 6.07) is 0.